The van der Waals surface area contributed by atoms with Gasteiger partial charge in [-0.25, -0.2) is 4.79 Å². The summed E-state index contributed by atoms with van der Waals surface area (Å²) in [6.07, 6.45) is 0.751. The molecule has 0 spiro atoms. The normalized spacial score (nSPS) is 19.9. The third-order valence-electron chi connectivity index (χ3n) is 2.24. The van der Waals surface area contributed by atoms with Crippen molar-refractivity contribution in [1.82, 2.24) is 9.80 Å². The SMILES string of the molecule is [CH2-]N1CCCN(C(=O)OC(C)(C)C)CC1. The minimum absolute atomic E-state index is 0.210. The summed E-state index contributed by atoms with van der Waals surface area (Å²) < 4.78 is 5.32. The molecule has 0 aromatic heterocycles. The first-order valence-electron chi connectivity index (χ1n) is 5.42. The van der Waals surface area contributed by atoms with Crippen LogP contribution in [0.25, 0.3) is 0 Å². The maximum Gasteiger partial charge on any atom is 0.410 e. The van der Waals surface area contributed by atoms with Crippen LogP contribution in [0.2, 0.25) is 0 Å². The molecule has 0 unspecified atom stereocenters. The lowest BCUT2D eigenvalue weighted by Gasteiger charge is -2.27. The van der Waals surface area contributed by atoms with Gasteiger partial charge in [0.15, 0.2) is 0 Å². The van der Waals surface area contributed by atoms with E-state index in [1.54, 1.807) is 4.90 Å². The second-order valence-electron chi connectivity index (χ2n) is 4.94. The van der Waals surface area contributed by atoms with E-state index in [1.165, 1.54) is 0 Å². The molecule has 1 fully saturated rings. The third kappa shape index (κ3) is 4.51. The summed E-state index contributed by atoms with van der Waals surface area (Å²) in [7, 11) is 3.88. The number of ether oxygens (including phenoxy) is 1. The molecule has 1 rings (SSSR count). The van der Waals surface area contributed by atoms with Gasteiger partial charge in [-0.15, -0.1) is 0 Å². The van der Waals surface area contributed by atoms with Crippen molar-refractivity contribution in [2.45, 2.75) is 32.8 Å². The zero-order chi connectivity index (χ0) is 11.5. The largest absolute Gasteiger partial charge is 0.458 e. The molecule has 0 saturated carbocycles. The van der Waals surface area contributed by atoms with Gasteiger partial charge in [0.1, 0.15) is 5.60 Å². The Morgan fingerprint density at radius 2 is 1.87 bits per heavy atom. The number of rotatable bonds is 0. The molecule has 88 valence electrons. The zero-order valence-electron chi connectivity index (χ0n) is 9.95. The number of amides is 1. The summed E-state index contributed by atoms with van der Waals surface area (Å²) >= 11 is 0. The first-order chi connectivity index (χ1) is 6.88. The molecule has 4 nitrogen and oxygen atoms in total. The van der Waals surface area contributed by atoms with Gasteiger partial charge in [0.05, 0.1) is 0 Å². The number of carbonyl (C=O) groups is 1. The highest BCUT2D eigenvalue weighted by Crippen LogP contribution is 2.11. The van der Waals surface area contributed by atoms with Crippen LogP contribution in [0, 0.1) is 7.05 Å². The van der Waals surface area contributed by atoms with Crippen LogP contribution in [-0.2, 0) is 4.74 Å². The van der Waals surface area contributed by atoms with Crippen molar-refractivity contribution >= 4 is 6.09 Å². The average molecular weight is 213 g/mol. The Labute approximate surface area is 92.2 Å². The van der Waals surface area contributed by atoms with Crippen molar-refractivity contribution in [3.05, 3.63) is 7.05 Å². The topological polar surface area (TPSA) is 32.8 Å². The van der Waals surface area contributed by atoms with Crippen molar-refractivity contribution in [3.8, 4) is 0 Å². The maximum absolute atomic E-state index is 11.7. The molecule has 15 heavy (non-hydrogen) atoms. The lowest BCUT2D eigenvalue weighted by Crippen LogP contribution is -2.38. The van der Waals surface area contributed by atoms with Crippen LogP contribution in [-0.4, -0.2) is 47.7 Å². The highest BCUT2D eigenvalue weighted by Gasteiger charge is 2.22. The van der Waals surface area contributed by atoms with Crippen LogP contribution in [0.15, 0.2) is 0 Å². The van der Waals surface area contributed by atoms with Crippen molar-refractivity contribution in [3.63, 3.8) is 0 Å². The van der Waals surface area contributed by atoms with E-state index in [2.05, 4.69) is 7.05 Å². The molecule has 0 aromatic carbocycles. The van der Waals surface area contributed by atoms with Crippen molar-refractivity contribution in [2.24, 2.45) is 0 Å². The molecule has 1 aliphatic heterocycles. The van der Waals surface area contributed by atoms with Crippen LogP contribution < -0.4 is 0 Å². The summed E-state index contributed by atoms with van der Waals surface area (Å²) in [4.78, 5) is 15.5. The van der Waals surface area contributed by atoms with Gasteiger partial charge in [-0.1, -0.05) is 0 Å². The Bertz CT molecular complexity index is 223. The van der Waals surface area contributed by atoms with E-state index in [9.17, 15) is 4.79 Å². The summed E-state index contributed by atoms with van der Waals surface area (Å²) in [6, 6.07) is 0. The van der Waals surface area contributed by atoms with E-state index < -0.39 is 5.60 Å². The molecule has 0 aliphatic carbocycles. The zero-order valence-corrected chi connectivity index (χ0v) is 9.95. The number of hydrogen-bond acceptors (Lipinski definition) is 3. The summed E-state index contributed by atoms with van der Waals surface area (Å²) in [5.74, 6) is 0. The van der Waals surface area contributed by atoms with Gasteiger partial charge in [0.25, 0.3) is 0 Å². The second-order valence-corrected chi connectivity index (χ2v) is 4.94. The highest BCUT2D eigenvalue weighted by molar-refractivity contribution is 5.68. The quantitative estimate of drug-likeness (QED) is 0.574. The fourth-order valence-electron chi connectivity index (χ4n) is 1.48. The standard InChI is InChI=1S/C11H21N2O2/c1-11(2,3)15-10(14)13-7-5-6-12(4)8-9-13/h4-9H2,1-3H3/q-1. The average Bonchev–Trinajstić information content (AvgIpc) is 2.26. The Morgan fingerprint density at radius 1 is 1.20 bits per heavy atom. The van der Waals surface area contributed by atoms with Crippen molar-refractivity contribution in [2.75, 3.05) is 26.2 Å². The minimum Gasteiger partial charge on any atom is -0.458 e. The lowest BCUT2D eigenvalue weighted by atomic mass is 10.2. The van der Waals surface area contributed by atoms with E-state index in [4.69, 9.17) is 4.74 Å². The monoisotopic (exact) mass is 213 g/mol. The van der Waals surface area contributed by atoms with Crippen molar-refractivity contribution in [1.29, 1.82) is 0 Å². The smallest absolute Gasteiger partial charge is 0.410 e. The molecule has 0 aromatic rings. The molecule has 0 atom stereocenters. The first-order valence-corrected chi connectivity index (χ1v) is 5.42. The molecule has 0 bridgehead atoms. The van der Waals surface area contributed by atoms with E-state index in [0.29, 0.717) is 6.54 Å². The predicted molar refractivity (Wildman–Crippen MR) is 59.4 cm³/mol. The first kappa shape index (κ1) is 12.3. The minimum atomic E-state index is -0.409. The number of nitrogens with zero attached hydrogens (tertiary/aromatic N) is 2. The van der Waals surface area contributed by atoms with Gasteiger partial charge in [0, 0.05) is 13.1 Å². The van der Waals surface area contributed by atoms with E-state index in [0.717, 1.165) is 26.1 Å². The van der Waals surface area contributed by atoms with Crippen LogP contribution in [0.1, 0.15) is 27.2 Å². The summed E-state index contributed by atoms with van der Waals surface area (Å²) in [5, 5.41) is 0. The molecule has 1 amide bonds. The van der Waals surface area contributed by atoms with E-state index >= 15 is 0 Å². The van der Waals surface area contributed by atoms with Gasteiger partial charge < -0.3 is 14.5 Å². The highest BCUT2D eigenvalue weighted by atomic mass is 16.6. The summed E-state index contributed by atoms with van der Waals surface area (Å²) in [6.45, 7) is 8.89. The van der Waals surface area contributed by atoms with Gasteiger partial charge in [-0.05, 0) is 40.3 Å². The Kier molecular flexibility index (Phi) is 3.97. The number of hydrogen-bond donors (Lipinski definition) is 0. The van der Waals surface area contributed by atoms with Crippen LogP contribution in [0.4, 0.5) is 4.79 Å². The van der Waals surface area contributed by atoms with Gasteiger partial charge in [0.2, 0.25) is 0 Å². The molecular weight excluding hydrogens is 192 g/mol. The maximum atomic E-state index is 11.7. The van der Waals surface area contributed by atoms with Crippen LogP contribution >= 0.6 is 0 Å². The molecule has 0 radical (unpaired) electrons. The molecule has 1 saturated heterocycles. The Hall–Kier alpha value is -0.770. The van der Waals surface area contributed by atoms with Gasteiger partial charge in [-0.2, -0.15) is 0 Å². The van der Waals surface area contributed by atoms with E-state index in [1.807, 2.05) is 25.7 Å². The molecule has 1 aliphatic rings. The van der Waals surface area contributed by atoms with Gasteiger partial charge >= 0.3 is 6.09 Å². The molecule has 1 heterocycles. The molecule has 4 heteroatoms. The molecule has 0 N–H and O–H groups in total. The van der Waals surface area contributed by atoms with Crippen LogP contribution in [0.5, 0.6) is 0 Å². The second kappa shape index (κ2) is 4.84. The van der Waals surface area contributed by atoms with Crippen LogP contribution in [0.3, 0.4) is 0 Å². The fourth-order valence-corrected chi connectivity index (χ4v) is 1.48. The molecular formula is C11H21N2O2-. The lowest BCUT2D eigenvalue weighted by molar-refractivity contribution is 0.0259. The van der Waals surface area contributed by atoms with E-state index in [-0.39, 0.29) is 6.09 Å². The Morgan fingerprint density at radius 3 is 2.47 bits per heavy atom. The predicted octanol–water partition coefficient (Wildman–Crippen LogP) is 1.72. The fraction of sp³-hybridized carbons (Fsp3) is 0.818. The number of carbonyl (C=O) groups excluding carboxylic acids is 1. The summed E-state index contributed by atoms with van der Waals surface area (Å²) in [5.41, 5.74) is -0.409. The van der Waals surface area contributed by atoms with Crippen molar-refractivity contribution < 1.29 is 9.53 Å². The Balaban J connectivity index is 2.45. The van der Waals surface area contributed by atoms with Gasteiger partial charge in [-0.3, -0.25) is 7.05 Å². The third-order valence-corrected chi connectivity index (χ3v) is 2.24.